The quantitative estimate of drug-likeness (QED) is 0.719. The van der Waals surface area contributed by atoms with Crippen LogP contribution in [0.3, 0.4) is 0 Å². The first-order valence-electron chi connectivity index (χ1n) is 7.84. The van der Waals surface area contributed by atoms with Gasteiger partial charge >= 0.3 is 0 Å². The summed E-state index contributed by atoms with van der Waals surface area (Å²) in [6.07, 6.45) is 3.10. The number of ether oxygens (including phenoxy) is 1. The van der Waals surface area contributed by atoms with E-state index in [1.807, 2.05) is 49.5 Å². The maximum absolute atomic E-state index is 12.1. The van der Waals surface area contributed by atoms with Gasteiger partial charge in [0.1, 0.15) is 5.75 Å². The van der Waals surface area contributed by atoms with Crippen LogP contribution in [0.25, 0.3) is 10.9 Å². The van der Waals surface area contributed by atoms with Gasteiger partial charge in [0.05, 0.1) is 6.61 Å². The van der Waals surface area contributed by atoms with E-state index in [1.165, 1.54) is 10.9 Å². The van der Waals surface area contributed by atoms with Crippen molar-refractivity contribution in [2.45, 2.75) is 19.8 Å². The molecule has 0 spiro atoms. The Labute approximate surface area is 135 Å². The molecule has 1 heterocycles. The number of fused-ring (bicyclic) bond motifs is 1. The number of anilines is 1. The van der Waals surface area contributed by atoms with Crippen LogP contribution in [0, 0.1) is 0 Å². The van der Waals surface area contributed by atoms with Gasteiger partial charge in [-0.25, -0.2) is 0 Å². The van der Waals surface area contributed by atoms with Crippen LogP contribution in [0.2, 0.25) is 0 Å². The van der Waals surface area contributed by atoms with Crippen LogP contribution in [0.4, 0.5) is 5.69 Å². The number of aromatic nitrogens is 1. The molecular weight excluding hydrogens is 288 g/mol. The third-order valence-electron chi connectivity index (χ3n) is 3.76. The van der Waals surface area contributed by atoms with Crippen molar-refractivity contribution in [1.82, 2.24) is 4.98 Å². The predicted octanol–water partition coefficient (Wildman–Crippen LogP) is 4.14. The Hall–Kier alpha value is -2.75. The van der Waals surface area contributed by atoms with E-state index < -0.39 is 0 Å². The lowest BCUT2D eigenvalue weighted by atomic mass is 10.1. The third kappa shape index (κ3) is 3.72. The van der Waals surface area contributed by atoms with Gasteiger partial charge in [-0.3, -0.25) is 4.79 Å². The smallest absolute Gasteiger partial charge is 0.224 e. The second-order valence-corrected chi connectivity index (χ2v) is 5.36. The second-order valence-electron chi connectivity index (χ2n) is 5.36. The molecule has 1 amide bonds. The Kier molecular flexibility index (Phi) is 4.62. The first-order valence-corrected chi connectivity index (χ1v) is 7.84. The zero-order chi connectivity index (χ0) is 16.1. The number of hydrogen-bond acceptors (Lipinski definition) is 2. The van der Waals surface area contributed by atoms with Crippen LogP contribution < -0.4 is 10.1 Å². The molecule has 0 saturated carbocycles. The van der Waals surface area contributed by atoms with Crippen molar-refractivity contribution in [2.75, 3.05) is 11.9 Å². The van der Waals surface area contributed by atoms with E-state index in [2.05, 4.69) is 22.4 Å². The fourth-order valence-corrected chi connectivity index (χ4v) is 2.64. The highest BCUT2D eigenvalue weighted by atomic mass is 16.5. The van der Waals surface area contributed by atoms with Gasteiger partial charge in [-0.1, -0.05) is 12.1 Å². The molecule has 2 N–H and O–H groups in total. The van der Waals surface area contributed by atoms with E-state index in [4.69, 9.17) is 4.74 Å². The molecule has 0 unspecified atom stereocenters. The molecule has 4 nitrogen and oxygen atoms in total. The molecule has 0 aliphatic heterocycles. The van der Waals surface area contributed by atoms with Gasteiger partial charge in [0, 0.05) is 29.2 Å². The van der Waals surface area contributed by atoms with E-state index in [1.54, 1.807) is 0 Å². The maximum atomic E-state index is 12.1. The molecule has 0 radical (unpaired) electrons. The molecule has 0 fully saturated rings. The molecular formula is C19H20N2O2. The summed E-state index contributed by atoms with van der Waals surface area (Å²) in [5.74, 6) is 0.825. The van der Waals surface area contributed by atoms with E-state index in [0.717, 1.165) is 23.4 Å². The molecule has 23 heavy (non-hydrogen) atoms. The van der Waals surface area contributed by atoms with Crippen molar-refractivity contribution in [2.24, 2.45) is 0 Å². The Bertz CT molecular complexity index is 790. The van der Waals surface area contributed by atoms with Crippen LogP contribution in [-0.2, 0) is 11.2 Å². The van der Waals surface area contributed by atoms with Crippen LogP contribution in [0.5, 0.6) is 5.75 Å². The highest BCUT2D eigenvalue weighted by molar-refractivity contribution is 5.91. The normalized spacial score (nSPS) is 10.7. The molecule has 0 aliphatic carbocycles. The SMILES string of the molecule is CCOc1ccc(NC(=O)CCc2cccc3[nH]ccc23)cc1. The molecule has 0 bridgehead atoms. The fourth-order valence-electron chi connectivity index (χ4n) is 2.64. The van der Waals surface area contributed by atoms with Gasteiger partial charge in [-0.2, -0.15) is 0 Å². The number of rotatable bonds is 6. The summed E-state index contributed by atoms with van der Waals surface area (Å²) < 4.78 is 5.39. The van der Waals surface area contributed by atoms with Crippen molar-refractivity contribution in [1.29, 1.82) is 0 Å². The molecule has 0 aliphatic rings. The minimum absolute atomic E-state index is 0.0155. The average molecular weight is 308 g/mol. The molecule has 0 atom stereocenters. The van der Waals surface area contributed by atoms with Gasteiger partial charge in [0.25, 0.3) is 0 Å². The number of hydrogen-bond donors (Lipinski definition) is 2. The Morgan fingerprint density at radius 1 is 1.13 bits per heavy atom. The number of carbonyl (C=O) groups excluding carboxylic acids is 1. The van der Waals surface area contributed by atoms with Gasteiger partial charge in [0.2, 0.25) is 5.91 Å². The summed E-state index contributed by atoms with van der Waals surface area (Å²) in [5.41, 5.74) is 3.08. The van der Waals surface area contributed by atoms with Gasteiger partial charge < -0.3 is 15.0 Å². The maximum Gasteiger partial charge on any atom is 0.224 e. The van der Waals surface area contributed by atoms with Gasteiger partial charge in [-0.05, 0) is 55.3 Å². The molecule has 2 aromatic carbocycles. The van der Waals surface area contributed by atoms with Crippen molar-refractivity contribution in [3.05, 3.63) is 60.3 Å². The summed E-state index contributed by atoms with van der Waals surface area (Å²) in [7, 11) is 0. The van der Waals surface area contributed by atoms with Crippen molar-refractivity contribution in [3.8, 4) is 5.75 Å². The van der Waals surface area contributed by atoms with Crippen molar-refractivity contribution < 1.29 is 9.53 Å². The van der Waals surface area contributed by atoms with E-state index in [0.29, 0.717) is 13.0 Å². The third-order valence-corrected chi connectivity index (χ3v) is 3.76. The summed E-state index contributed by atoms with van der Waals surface area (Å²) in [4.78, 5) is 15.3. The molecule has 1 aromatic heterocycles. The summed E-state index contributed by atoms with van der Waals surface area (Å²) >= 11 is 0. The number of aromatic amines is 1. The molecule has 4 heteroatoms. The van der Waals surface area contributed by atoms with Crippen molar-refractivity contribution in [3.63, 3.8) is 0 Å². The number of amides is 1. The average Bonchev–Trinajstić information content (AvgIpc) is 3.04. The van der Waals surface area contributed by atoms with E-state index >= 15 is 0 Å². The predicted molar refractivity (Wildman–Crippen MR) is 92.9 cm³/mol. The highest BCUT2D eigenvalue weighted by Gasteiger charge is 2.06. The number of nitrogens with one attached hydrogen (secondary N) is 2. The highest BCUT2D eigenvalue weighted by Crippen LogP contribution is 2.19. The summed E-state index contributed by atoms with van der Waals surface area (Å²) in [6.45, 7) is 2.58. The topological polar surface area (TPSA) is 54.1 Å². The molecule has 3 aromatic rings. The largest absolute Gasteiger partial charge is 0.494 e. The van der Waals surface area contributed by atoms with Gasteiger partial charge in [0.15, 0.2) is 0 Å². The summed E-state index contributed by atoms with van der Waals surface area (Å²) in [5, 5.41) is 4.10. The Balaban J connectivity index is 1.58. The van der Waals surface area contributed by atoms with Crippen LogP contribution in [-0.4, -0.2) is 17.5 Å². The summed E-state index contributed by atoms with van der Waals surface area (Å²) in [6, 6.07) is 15.6. The number of H-pyrrole nitrogens is 1. The van der Waals surface area contributed by atoms with Crippen LogP contribution >= 0.6 is 0 Å². The molecule has 0 saturated heterocycles. The van der Waals surface area contributed by atoms with Crippen molar-refractivity contribution >= 4 is 22.5 Å². The van der Waals surface area contributed by atoms with Crippen LogP contribution in [0.1, 0.15) is 18.9 Å². The minimum atomic E-state index is 0.0155. The van der Waals surface area contributed by atoms with E-state index in [9.17, 15) is 4.79 Å². The zero-order valence-corrected chi connectivity index (χ0v) is 13.1. The first-order chi connectivity index (χ1) is 11.3. The number of carbonyl (C=O) groups is 1. The number of benzene rings is 2. The standard InChI is InChI=1S/C19H20N2O2/c1-2-23-16-9-7-15(8-10-16)21-19(22)11-6-14-4-3-5-18-17(14)12-13-20-18/h3-5,7-10,12-13,20H,2,6,11H2,1H3,(H,21,22). The fraction of sp³-hybridized carbons (Fsp3) is 0.211. The second kappa shape index (κ2) is 7.01. The Morgan fingerprint density at radius 2 is 1.96 bits per heavy atom. The molecule has 118 valence electrons. The minimum Gasteiger partial charge on any atom is -0.494 e. The van der Waals surface area contributed by atoms with Crippen LogP contribution in [0.15, 0.2) is 54.7 Å². The lowest BCUT2D eigenvalue weighted by molar-refractivity contribution is -0.116. The first kappa shape index (κ1) is 15.2. The van der Waals surface area contributed by atoms with E-state index in [-0.39, 0.29) is 5.91 Å². The van der Waals surface area contributed by atoms with Gasteiger partial charge in [-0.15, -0.1) is 0 Å². The Morgan fingerprint density at radius 3 is 2.74 bits per heavy atom. The lowest BCUT2D eigenvalue weighted by Crippen LogP contribution is -2.12. The zero-order valence-electron chi connectivity index (χ0n) is 13.1. The lowest BCUT2D eigenvalue weighted by Gasteiger charge is -2.08. The number of aryl methyl sites for hydroxylation is 1. The molecule has 3 rings (SSSR count). The monoisotopic (exact) mass is 308 g/mol.